The number of hydrogen-bond acceptors (Lipinski definition) is 5. The Morgan fingerprint density at radius 1 is 1.08 bits per heavy atom. The molecule has 0 saturated heterocycles. The molecule has 3 aromatic rings. The van der Waals surface area contributed by atoms with E-state index in [4.69, 9.17) is 9.36 Å². The summed E-state index contributed by atoms with van der Waals surface area (Å²) in [7, 11) is 0. The molecule has 0 amide bonds. The highest BCUT2D eigenvalue weighted by Crippen LogP contribution is 2.20. The highest BCUT2D eigenvalue weighted by molar-refractivity contribution is 5.78. The molecule has 24 heavy (non-hydrogen) atoms. The zero-order chi connectivity index (χ0) is 16.8. The Morgan fingerprint density at radius 2 is 1.83 bits per heavy atom. The van der Waals surface area contributed by atoms with Gasteiger partial charge in [0.1, 0.15) is 0 Å². The maximum atomic E-state index is 5.20. The number of oxime groups is 1. The second kappa shape index (κ2) is 7.55. The molecule has 0 unspecified atom stereocenters. The molecule has 0 bridgehead atoms. The second-order valence-electron chi connectivity index (χ2n) is 5.71. The van der Waals surface area contributed by atoms with Crippen molar-refractivity contribution in [3.05, 3.63) is 71.6 Å². The van der Waals surface area contributed by atoms with Gasteiger partial charge in [-0.3, -0.25) is 0 Å². The molecule has 0 fully saturated rings. The highest BCUT2D eigenvalue weighted by atomic mass is 16.6. The van der Waals surface area contributed by atoms with Crippen molar-refractivity contribution in [3.63, 3.8) is 0 Å². The minimum Gasteiger partial charge on any atom is -0.386 e. The van der Waals surface area contributed by atoms with E-state index in [0.717, 1.165) is 11.1 Å². The second-order valence-corrected chi connectivity index (χ2v) is 5.71. The van der Waals surface area contributed by atoms with Gasteiger partial charge in [-0.1, -0.05) is 78.8 Å². The van der Waals surface area contributed by atoms with Crippen LogP contribution in [-0.4, -0.2) is 16.4 Å². The van der Waals surface area contributed by atoms with Crippen molar-refractivity contribution in [3.8, 4) is 11.4 Å². The molecule has 3 rings (SSSR count). The van der Waals surface area contributed by atoms with E-state index in [1.54, 1.807) is 6.21 Å². The molecular weight excluding hydrogens is 302 g/mol. The predicted octanol–water partition coefficient (Wildman–Crippen LogP) is 4.41. The first kappa shape index (κ1) is 15.9. The fraction of sp³-hybridized carbons (Fsp3) is 0.211. The van der Waals surface area contributed by atoms with Gasteiger partial charge in [0.25, 0.3) is 5.89 Å². The Morgan fingerprint density at radius 3 is 2.54 bits per heavy atom. The summed E-state index contributed by atoms with van der Waals surface area (Å²) in [5, 5.41) is 7.88. The molecular formula is C19H19N3O2. The van der Waals surface area contributed by atoms with E-state index >= 15 is 0 Å². The van der Waals surface area contributed by atoms with Gasteiger partial charge in [0, 0.05) is 5.56 Å². The Bertz CT molecular complexity index is 793. The largest absolute Gasteiger partial charge is 0.386 e. The molecule has 0 aliphatic rings. The molecule has 0 aliphatic carbocycles. The molecule has 5 nitrogen and oxygen atoms in total. The molecule has 1 heterocycles. The Hall–Kier alpha value is -2.95. The minimum atomic E-state index is 0.139. The lowest BCUT2D eigenvalue weighted by Gasteiger charge is -2.04. The van der Waals surface area contributed by atoms with Crippen molar-refractivity contribution in [2.45, 2.75) is 26.4 Å². The van der Waals surface area contributed by atoms with E-state index in [9.17, 15) is 0 Å². The summed E-state index contributed by atoms with van der Waals surface area (Å²) in [6.07, 6.45) is 1.64. The van der Waals surface area contributed by atoms with Gasteiger partial charge in [-0.15, -0.1) is 0 Å². The third-order valence-corrected chi connectivity index (χ3v) is 3.57. The lowest BCUT2D eigenvalue weighted by atomic mass is 10.0. The van der Waals surface area contributed by atoms with Crippen LogP contribution in [0.5, 0.6) is 0 Å². The van der Waals surface area contributed by atoms with Gasteiger partial charge in [-0.2, -0.15) is 4.98 Å². The zero-order valence-corrected chi connectivity index (χ0v) is 13.7. The van der Waals surface area contributed by atoms with Gasteiger partial charge in [-0.05, 0) is 17.0 Å². The quantitative estimate of drug-likeness (QED) is 0.498. The van der Waals surface area contributed by atoms with Crippen LogP contribution in [0.15, 0.2) is 64.3 Å². The van der Waals surface area contributed by atoms with Crippen LogP contribution in [-0.2, 0) is 11.4 Å². The van der Waals surface area contributed by atoms with Crippen LogP contribution in [0.4, 0.5) is 0 Å². The Kier molecular flexibility index (Phi) is 5.01. The van der Waals surface area contributed by atoms with E-state index < -0.39 is 0 Å². The fourth-order valence-electron chi connectivity index (χ4n) is 2.18. The van der Waals surface area contributed by atoms with Crippen LogP contribution in [0.25, 0.3) is 11.4 Å². The van der Waals surface area contributed by atoms with Crippen molar-refractivity contribution in [1.29, 1.82) is 0 Å². The van der Waals surface area contributed by atoms with Crippen LogP contribution >= 0.6 is 0 Å². The third kappa shape index (κ3) is 4.07. The van der Waals surface area contributed by atoms with E-state index in [-0.39, 0.29) is 6.61 Å². The summed E-state index contributed by atoms with van der Waals surface area (Å²) < 4.78 is 5.19. The fourth-order valence-corrected chi connectivity index (χ4v) is 2.18. The van der Waals surface area contributed by atoms with Crippen molar-refractivity contribution in [2.24, 2.45) is 5.16 Å². The summed E-state index contributed by atoms with van der Waals surface area (Å²) in [4.78, 5) is 9.52. The number of hydrogen-bond donors (Lipinski definition) is 0. The molecule has 0 saturated carbocycles. The number of rotatable bonds is 6. The van der Waals surface area contributed by atoms with E-state index in [2.05, 4.69) is 41.3 Å². The topological polar surface area (TPSA) is 60.5 Å². The summed E-state index contributed by atoms with van der Waals surface area (Å²) in [5.74, 6) is 1.44. The SMILES string of the molecule is CC(C)c1ccc(-c2noc(CO/N=C\c3ccccc3)n2)cc1. The standard InChI is InChI=1S/C19H19N3O2/c1-14(2)16-8-10-17(11-9-16)19-21-18(24-22-19)13-23-20-12-15-6-4-3-5-7-15/h3-12,14H,13H2,1-2H3/b20-12-. The summed E-state index contributed by atoms with van der Waals surface area (Å²) in [6, 6.07) is 17.9. The van der Waals surface area contributed by atoms with Crippen LogP contribution in [0.2, 0.25) is 0 Å². The average Bonchev–Trinajstić information content (AvgIpc) is 3.09. The van der Waals surface area contributed by atoms with Gasteiger partial charge < -0.3 is 9.36 Å². The van der Waals surface area contributed by atoms with Crippen LogP contribution in [0, 0.1) is 0 Å². The van der Waals surface area contributed by atoms with Crippen molar-refractivity contribution < 1.29 is 9.36 Å². The molecule has 122 valence electrons. The lowest BCUT2D eigenvalue weighted by molar-refractivity contribution is 0.107. The highest BCUT2D eigenvalue weighted by Gasteiger charge is 2.09. The Labute approximate surface area is 141 Å². The van der Waals surface area contributed by atoms with Gasteiger partial charge in [0.05, 0.1) is 6.21 Å². The van der Waals surface area contributed by atoms with E-state index in [1.807, 2.05) is 42.5 Å². The molecule has 0 atom stereocenters. The molecule has 1 aromatic heterocycles. The van der Waals surface area contributed by atoms with Crippen LogP contribution in [0.3, 0.4) is 0 Å². The van der Waals surface area contributed by atoms with Crippen LogP contribution < -0.4 is 0 Å². The first-order valence-corrected chi connectivity index (χ1v) is 7.85. The van der Waals surface area contributed by atoms with Crippen molar-refractivity contribution in [2.75, 3.05) is 0 Å². The number of benzene rings is 2. The molecule has 0 spiro atoms. The zero-order valence-electron chi connectivity index (χ0n) is 13.7. The summed E-state index contributed by atoms with van der Waals surface area (Å²) >= 11 is 0. The normalized spacial score (nSPS) is 11.3. The molecule has 0 aliphatic heterocycles. The number of nitrogens with zero attached hydrogens (tertiary/aromatic N) is 3. The van der Waals surface area contributed by atoms with Gasteiger partial charge >= 0.3 is 0 Å². The third-order valence-electron chi connectivity index (χ3n) is 3.57. The minimum absolute atomic E-state index is 0.139. The lowest BCUT2D eigenvalue weighted by Crippen LogP contribution is -1.90. The van der Waals surface area contributed by atoms with Crippen LogP contribution in [0.1, 0.15) is 36.8 Å². The average molecular weight is 321 g/mol. The number of aromatic nitrogens is 2. The van der Waals surface area contributed by atoms with Crippen molar-refractivity contribution in [1.82, 2.24) is 10.1 Å². The van der Waals surface area contributed by atoms with Gasteiger partial charge in [0.2, 0.25) is 5.82 Å². The first-order chi connectivity index (χ1) is 11.7. The van der Waals surface area contributed by atoms with Gasteiger partial charge in [0.15, 0.2) is 6.61 Å². The predicted molar refractivity (Wildman–Crippen MR) is 92.6 cm³/mol. The van der Waals surface area contributed by atoms with E-state index in [1.165, 1.54) is 5.56 Å². The molecule has 0 N–H and O–H groups in total. The summed E-state index contributed by atoms with van der Waals surface area (Å²) in [6.45, 7) is 4.46. The monoisotopic (exact) mass is 321 g/mol. The molecule has 5 heteroatoms. The Balaban J connectivity index is 1.58. The summed E-state index contributed by atoms with van der Waals surface area (Å²) in [5.41, 5.74) is 3.16. The molecule has 0 radical (unpaired) electrons. The smallest absolute Gasteiger partial charge is 0.267 e. The van der Waals surface area contributed by atoms with E-state index in [0.29, 0.717) is 17.6 Å². The molecule has 2 aromatic carbocycles. The first-order valence-electron chi connectivity index (χ1n) is 7.85. The van der Waals surface area contributed by atoms with Gasteiger partial charge in [-0.25, -0.2) is 0 Å². The van der Waals surface area contributed by atoms with Crippen molar-refractivity contribution >= 4 is 6.21 Å². The maximum absolute atomic E-state index is 5.20. The maximum Gasteiger partial charge on any atom is 0.267 e.